The lowest BCUT2D eigenvalue weighted by Gasteiger charge is -2.26. The van der Waals surface area contributed by atoms with Gasteiger partial charge in [-0.1, -0.05) is 29.8 Å². The zero-order valence-electron chi connectivity index (χ0n) is 10.2. The molecular weight excluding hydrogens is 248 g/mol. The van der Waals surface area contributed by atoms with Crippen LogP contribution in [0.25, 0.3) is 0 Å². The van der Waals surface area contributed by atoms with Crippen LogP contribution in [0.4, 0.5) is 0 Å². The standard InChI is InChI=1S/C14H17ClN2O/c15-11-5-2-1-4-9(11)13-6-3-7-17(13)14(18)10-8-12(10)16/h1-2,4-5,10,12-13H,3,6-8,16H2. The van der Waals surface area contributed by atoms with Crippen LogP contribution >= 0.6 is 11.6 Å². The van der Waals surface area contributed by atoms with Crippen molar-refractivity contribution in [1.82, 2.24) is 4.90 Å². The SMILES string of the molecule is NC1CC1C(=O)N1CCCC1c1ccccc1Cl. The van der Waals surface area contributed by atoms with Crippen LogP contribution in [0, 0.1) is 5.92 Å². The fourth-order valence-electron chi connectivity index (χ4n) is 2.81. The number of hydrogen-bond acceptors (Lipinski definition) is 2. The second-order valence-electron chi connectivity index (χ2n) is 5.22. The Hall–Kier alpha value is -1.06. The smallest absolute Gasteiger partial charge is 0.227 e. The van der Waals surface area contributed by atoms with Gasteiger partial charge in [-0.25, -0.2) is 0 Å². The molecule has 0 spiro atoms. The Morgan fingerprint density at radius 3 is 2.78 bits per heavy atom. The van der Waals surface area contributed by atoms with Crippen LogP contribution in [0.3, 0.4) is 0 Å². The van der Waals surface area contributed by atoms with Crippen LogP contribution < -0.4 is 5.73 Å². The van der Waals surface area contributed by atoms with Gasteiger partial charge in [0, 0.05) is 17.6 Å². The van der Waals surface area contributed by atoms with Gasteiger partial charge in [0.1, 0.15) is 0 Å². The molecule has 1 aliphatic heterocycles. The summed E-state index contributed by atoms with van der Waals surface area (Å²) in [7, 11) is 0. The van der Waals surface area contributed by atoms with Crippen molar-refractivity contribution in [3.05, 3.63) is 34.9 Å². The van der Waals surface area contributed by atoms with Gasteiger partial charge < -0.3 is 10.6 Å². The number of nitrogens with two attached hydrogens (primary N) is 1. The van der Waals surface area contributed by atoms with E-state index in [1.807, 2.05) is 29.2 Å². The highest BCUT2D eigenvalue weighted by Gasteiger charge is 2.45. The molecule has 2 fully saturated rings. The lowest BCUT2D eigenvalue weighted by Crippen LogP contribution is -2.33. The summed E-state index contributed by atoms with van der Waals surface area (Å²) in [4.78, 5) is 14.3. The summed E-state index contributed by atoms with van der Waals surface area (Å²) >= 11 is 6.24. The van der Waals surface area contributed by atoms with Crippen LogP contribution in [0.15, 0.2) is 24.3 Å². The molecule has 3 nitrogen and oxygen atoms in total. The van der Waals surface area contributed by atoms with E-state index in [-0.39, 0.29) is 23.9 Å². The topological polar surface area (TPSA) is 46.3 Å². The summed E-state index contributed by atoms with van der Waals surface area (Å²) < 4.78 is 0. The molecule has 0 radical (unpaired) electrons. The molecule has 3 unspecified atom stereocenters. The Labute approximate surface area is 112 Å². The van der Waals surface area contributed by atoms with E-state index in [9.17, 15) is 4.79 Å². The first kappa shape index (κ1) is 12.0. The lowest BCUT2D eigenvalue weighted by molar-refractivity contribution is -0.133. The number of likely N-dealkylation sites (tertiary alicyclic amines) is 1. The maximum Gasteiger partial charge on any atom is 0.227 e. The fraction of sp³-hybridized carbons (Fsp3) is 0.500. The fourth-order valence-corrected chi connectivity index (χ4v) is 3.07. The molecule has 1 saturated carbocycles. The largest absolute Gasteiger partial charge is 0.335 e. The number of rotatable bonds is 2. The molecule has 2 N–H and O–H groups in total. The normalized spacial score (nSPS) is 30.6. The van der Waals surface area contributed by atoms with Crippen molar-refractivity contribution in [3.8, 4) is 0 Å². The highest BCUT2D eigenvalue weighted by Crippen LogP contribution is 2.39. The maximum absolute atomic E-state index is 12.3. The van der Waals surface area contributed by atoms with E-state index < -0.39 is 0 Å². The number of carbonyl (C=O) groups excluding carboxylic acids is 1. The number of nitrogens with zero attached hydrogens (tertiary/aromatic N) is 1. The predicted molar refractivity (Wildman–Crippen MR) is 71.2 cm³/mol. The zero-order valence-corrected chi connectivity index (χ0v) is 10.9. The molecule has 4 heteroatoms. The van der Waals surface area contributed by atoms with E-state index in [4.69, 9.17) is 17.3 Å². The molecular formula is C14H17ClN2O. The van der Waals surface area contributed by atoms with E-state index >= 15 is 0 Å². The Bertz CT molecular complexity index is 477. The van der Waals surface area contributed by atoms with Gasteiger partial charge in [-0.3, -0.25) is 4.79 Å². The molecule has 1 aromatic rings. The number of amides is 1. The number of carbonyl (C=O) groups is 1. The third kappa shape index (κ3) is 2.02. The molecule has 1 saturated heterocycles. The summed E-state index contributed by atoms with van der Waals surface area (Å²) in [5.41, 5.74) is 6.84. The minimum absolute atomic E-state index is 0.0492. The third-order valence-corrected chi connectivity index (χ3v) is 4.30. The van der Waals surface area contributed by atoms with Crippen LogP contribution in [0.1, 0.15) is 30.9 Å². The van der Waals surface area contributed by atoms with E-state index in [0.717, 1.165) is 36.4 Å². The van der Waals surface area contributed by atoms with E-state index in [2.05, 4.69) is 0 Å². The molecule has 3 atom stereocenters. The summed E-state index contributed by atoms with van der Waals surface area (Å²) in [6.45, 7) is 0.831. The minimum Gasteiger partial charge on any atom is -0.335 e. The molecule has 0 bridgehead atoms. The molecule has 96 valence electrons. The van der Waals surface area contributed by atoms with Gasteiger partial charge in [0.15, 0.2) is 0 Å². The van der Waals surface area contributed by atoms with Crippen molar-refractivity contribution in [2.45, 2.75) is 31.3 Å². The zero-order chi connectivity index (χ0) is 12.7. The van der Waals surface area contributed by atoms with Gasteiger partial charge in [0.2, 0.25) is 5.91 Å². The average molecular weight is 265 g/mol. The van der Waals surface area contributed by atoms with Crippen molar-refractivity contribution in [2.24, 2.45) is 11.7 Å². The first-order chi connectivity index (χ1) is 8.68. The Morgan fingerprint density at radius 2 is 2.11 bits per heavy atom. The molecule has 1 aliphatic carbocycles. The molecule has 1 heterocycles. The van der Waals surface area contributed by atoms with Crippen molar-refractivity contribution < 1.29 is 4.79 Å². The van der Waals surface area contributed by atoms with Gasteiger partial charge in [0.25, 0.3) is 0 Å². The average Bonchev–Trinajstić information content (AvgIpc) is 2.91. The molecule has 2 aliphatic rings. The highest BCUT2D eigenvalue weighted by molar-refractivity contribution is 6.31. The van der Waals surface area contributed by atoms with Gasteiger partial charge >= 0.3 is 0 Å². The Kier molecular flexibility index (Phi) is 3.04. The molecule has 18 heavy (non-hydrogen) atoms. The van der Waals surface area contributed by atoms with Gasteiger partial charge in [-0.2, -0.15) is 0 Å². The van der Waals surface area contributed by atoms with Crippen LogP contribution in [0.2, 0.25) is 5.02 Å². The van der Waals surface area contributed by atoms with E-state index in [0.29, 0.717) is 0 Å². The number of hydrogen-bond donors (Lipinski definition) is 1. The van der Waals surface area contributed by atoms with Crippen molar-refractivity contribution in [1.29, 1.82) is 0 Å². The second-order valence-corrected chi connectivity index (χ2v) is 5.62. The summed E-state index contributed by atoms with van der Waals surface area (Å²) in [5, 5.41) is 0.752. The molecule has 3 rings (SSSR count). The minimum atomic E-state index is 0.0492. The predicted octanol–water partition coefficient (Wildman–Crippen LogP) is 2.35. The van der Waals surface area contributed by atoms with Gasteiger partial charge in [-0.05, 0) is 30.9 Å². The van der Waals surface area contributed by atoms with Gasteiger partial charge in [0.05, 0.1) is 12.0 Å². The van der Waals surface area contributed by atoms with Crippen molar-refractivity contribution in [3.63, 3.8) is 0 Å². The van der Waals surface area contributed by atoms with Crippen molar-refractivity contribution >= 4 is 17.5 Å². The van der Waals surface area contributed by atoms with Gasteiger partial charge in [-0.15, -0.1) is 0 Å². The molecule has 1 amide bonds. The maximum atomic E-state index is 12.3. The highest BCUT2D eigenvalue weighted by atomic mass is 35.5. The van der Waals surface area contributed by atoms with Crippen LogP contribution in [-0.4, -0.2) is 23.4 Å². The van der Waals surface area contributed by atoms with E-state index in [1.165, 1.54) is 0 Å². The Balaban J connectivity index is 1.83. The summed E-state index contributed by atoms with van der Waals surface area (Å²) in [6, 6.07) is 8.02. The number of halogens is 1. The quantitative estimate of drug-likeness (QED) is 0.891. The number of benzene rings is 1. The first-order valence-corrected chi connectivity index (χ1v) is 6.87. The van der Waals surface area contributed by atoms with E-state index in [1.54, 1.807) is 0 Å². The summed E-state index contributed by atoms with van der Waals surface area (Å²) in [5.74, 6) is 0.262. The summed E-state index contributed by atoms with van der Waals surface area (Å²) in [6.07, 6.45) is 2.88. The monoisotopic (exact) mass is 264 g/mol. The molecule has 1 aromatic carbocycles. The van der Waals surface area contributed by atoms with Crippen LogP contribution in [0.5, 0.6) is 0 Å². The first-order valence-electron chi connectivity index (χ1n) is 6.49. The molecule has 0 aromatic heterocycles. The second kappa shape index (κ2) is 4.56. The van der Waals surface area contributed by atoms with Crippen LogP contribution in [-0.2, 0) is 4.79 Å². The van der Waals surface area contributed by atoms with Crippen molar-refractivity contribution in [2.75, 3.05) is 6.54 Å². The third-order valence-electron chi connectivity index (χ3n) is 3.96. The Morgan fingerprint density at radius 1 is 1.39 bits per heavy atom. The lowest BCUT2D eigenvalue weighted by atomic mass is 10.0.